The van der Waals surface area contributed by atoms with Gasteiger partial charge in [0.1, 0.15) is 4.21 Å². The molecule has 0 spiro atoms. The number of anilines is 2. The average molecular weight is 528 g/mol. The molecule has 0 aliphatic rings. The van der Waals surface area contributed by atoms with Crippen molar-refractivity contribution < 1.29 is 4.21 Å². The monoisotopic (exact) mass is 527 g/mol. The van der Waals surface area contributed by atoms with Gasteiger partial charge in [-0.05, 0) is 65.9 Å². The Kier molecular flexibility index (Phi) is 10.8. The van der Waals surface area contributed by atoms with Crippen LogP contribution >= 0.6 is 46.4 Å². The number of hydrogen-bond acceptors (Lipinski definition) is 6. The summed E-state index contributed by atoms with van der Waals surface area (Å²) in [4.78, 5) is 13.0. The molecule has 0 saturated heterocycles. The van der Waals surface area contributed by atoms with Crippen molar-refractivity contribution in [2.75, 3.05) is 9.44 Å². The van der Waals surface area contributed by atoms with E-state index in [-0.39, 0.29) is 4.74 Å². The van der Waals surface area contributed by atoms with Gasteiger partial charge in [0.2, 0.25) is 0 Å². The zero-order valence-corrected chi connectivity index (χ0v) is 22.5. The Balaban J connectivity index is 0.000000860. The van der Waals surface area contributed by atoms with Gasteiger partial charge in [-0.25, -0.2) is 4.21 Å². The van der Waals surface area contributed by atoms with Gasteiger partial charge in [-0.2, -0.15) is 0 Å². The molecule has 0 radical (unpaired) electrons. The number of hydrogen-bond donors (Lipinski definition) is 2. The first kappa shape index (κ1) is 26.5. The molecule has 0 amide bonds. The highest BCUT2D eigenvalue weighted by Crippen LogP contribution is 2.31. The fraction of sp³-hybridized carbons (Fsp3) is 0.227. The van der Waals surface area contributed by atoms with E-state index in [2.05, 4.69) is 9.44 Å². The maximum Gasteiger partial charge on any atom is 0.257 e. The average Bonchev–Trinajstić information content (AvgIpc) is 3.38. The summed E-state index contributed by atoms with van der Waals surface area (Å²) < 4.78 is 22.0. The van der Waals surface area contributed by atoms with Crippen molar-refractivity contribution in [1.82, 2.24) is 3.96 Å². The highest BCUT2D eigenvalue weighted by Gasteiger charge is 2.11. The molecule has 4 aromatic rings. The van der Waals surface area contributed by atoms with E-state index in [4.69, 9.17) is 11.6 Å². The van der Waals surface area contributed by atoms with E-state index in [9.17, 15) is 9.00 Å². The minimum Gasteiger partial charge on any atom is -0.324 e. The maximum atomic E-state index is 12.5. The molecule has 2 aromatic carbocycles. The molecule has 2 N–H and O–H groups in total. The molecule has 0 saturated carbocycles. The van der Waals surface area contributed by atoms with Crippen LogP contribution in [0, 0.1) is 0 Å². The lowest BCUT2D eigenvalue weighted by Gasteiger charge is -2.12. The standard InChI is InChI=1S/C18H14ClN3O2S4.2C2H6/c1-22-15-7-6-11(10-12(15)18(23)27-22)26-20-13-4-2-3-5-14(13)21-28(24)17-9-8-16(19)25-17;2*1-2/h2-10,20-21H,1H3;2*1-2H3. The number of nitrogens with zero attached hydrogens (tertiary/aromatic N) is 1. The van der Waals surface area contributed by atoms with Gasteiger partial charge in [-0.1, -0.05) is 51.4 Å². The number of nitrogens with one attached hydrogen (secondary N) is 2. The van der Waals surface area contributed by atoms with Crippen LogP contribution in [-0.4, -0.2) is 8.17 Å². The molecule has 1 unspecified atom stereocenters. The fourth-order valence-electron chi connectivity index (χ4n) is 2.56. The Morgan fingerprint density at radius 2 is 1.69 bits per heavy atom. The summed E-state index contributed by atoms with van der Waals surface area (Å²) in [5.74, 6) is 0. The van der Waals surface area contributed by atoms with Crippen molar-refractivity contribution in [3.8, 4) is 0 Å². The molecular formula is C22H26ClN3O2S4. The van der Waals surface area contributed by atoms with E-state index >= 15 is 0 Å². The van der Waals surface area contributed by atoms with Crippen molar-refractivity contribution in [3.05, 3.63) is 68.5 Å². The fourth-order valence-corrected chi connectivity index (χ4v) is 6.33. The van der Waals surface area contributed by atoms with E-state index in [1.165, 1.54) is 34.8 Å². The van der Waals surface area contributed by atoms with Gasteiger partial charge < -0.3 is 4.72 Å². The molecule has 0 bridgehead atoms. The van der Waals surface area contributed by atoms with Crippen molar-refractivity contribution in [2.24, 2.45) is 7.05 Å². The third-order valence-corrected chi connectivity index (χ3v) is 8.19. The topological polar surface area (TPSA) is 63.1 Å². The van der Waals surface area contributed by atoms with Crippen LogP contribution in [-0.2, 0) is 18.0 Å². The van der Waals surface area contributed by atoms with Crippen molar-refractivity contribution in [3.63, 3.8) is 0 Å². The zero-order chi connectivity index (χ0) is 23.7. The maximum absolute atomic E-state index is 12.5. The first-order chi connectivity index (χ1) is 15.5. The predicted octanol–water partition coefficient (Wildman–Crippen LogP) is 7.62. The van der Waals surface area contributed by atoms with Crippen LogP contribution in [0.3, 0.4) is 0 Å². The minimum atomic E-state index is -1.40. The molecule has 2 heterocycles. The Morgan fingerprint density at radius 1 is 1.00 bits per heavy atom. The molecule has 10 heteroatoms. The molecule has 172 valence electrons. The summed E-state index contributed by atoms with van der Waals surface area (Å²) in [6, 6.07) is 16.8. The van der Waals surface area contributed by atoms with E-state index < -0.39 is 11.0 Å². The van der Waals surface area contributed by atoms with Gasteiger partial charge in [0.25, 0.3) is 4.74 Å². The lowest BCUT2D eigenvalue weighted by molar-refractivity contribution is 0.687. The molecule has 0 aliphatic heterocycles. The van der Waals surface area contributed by atoms with Gasteiger partial charge in [-0.3, -0.25) is 13.5 Å². The van der Waals surface area contributed by atoms with Crippen LogP contribution < -0.4 is 14.2 Å². The number of halogens is 1. The van der Waals surface area contributed by atoms with Crippen LogP contribution in [0.15, 0.2) is 68.5 Å². The third-order valence-electron chi connectivity index (χ3n) is 3.89. The first-order valence-electron chi connectivity index (χ1n) is 10.1. The van der Waals surface area contributed by atoms with Gasteiger partial charge in [0.15, 0.2) is 11.0 Å². The zero-order valence-electron chi connectivity index (χ0n) is 18.5. The van der Waals surface area contributed by atoms with Crippen molar-refractivity contribution in [2.45, 2.75) is 36.8 Å². The highest BCUT2D eigenvalue weighted by molar-refractivity contribution is 8.00. The van der Waals surface area contributed by atoms with Crippen LogP contribution in [0.5, 0.6) is 0 Å². The Labute approximate surface area is 208 Å². The molecule has 5 nitrogen and oxygen atoms in total. The van der Waals surface area contributed by atoms with Crippen LogP contribution in [0.1, 0.15) is 27.7 Å². The second-order valence-electron chi connectivity index (χ2n) is 5.73. The number of fused-ring (bicyclic) bond motifs is 1. The van der Waals surface area contributed by atoms with Gasteiger partial charge in [0, 0.05) is 11.9 Å². The van der Waals surface area contributed by atoms with Crippen LogP contribution in [0.4, 0.5) is 11.4 Å². The smallest absolute Gasteiger partial charge is 0.257 e. The van der Waals surface area contributed by atoms with Crippen molar-refractivity contribution in [1.29, 1.82) is 0 Å². The van der Waals surface area contributed by atoms with E-state index in [1.54, 1.807) is 12.1 Å². The summed E-state index contributed by atoms with van der Waals surface area (Å²) in [7, 11) is 0.479. The number of thiophene rings is 1. The lowest BCUT2D eigenvalue weighted by atomic mass is 10.2. The molecule has 0 aliphatic carbocycles. The Hall–Kier alpha value is -1.78. The summed E-state index contributed by atoms with van der Waals surface area (Å²) in [5.41, 5.74) is 2.43. The number of rotatable bonds is 6. The Bertz CT molecular complexity index is 1230. The van der Waals surface area contributed by atoms with E-state index in [0.717, 1.165) is 16.1 Å². The quantitative estimate of drug-likeness (QED) is 0.253. The van der Waals surface area contributed by atoms with Crippen molar-refractivity contribution >= 4 is 79.7 Å². The number of aryl methyl sites for hydroxylation is 1. The largest absolute Gasteiger partial charge is 0.324 e. The molecule has 0 fully saturated rings. The number of benzene rings is 2. The first-order valence-corrected chi connectivity index (χ1v) is 14.0. The van der Waals surface area contributed by atoms with E-state index in [0.29, 0.717) is 19.6 Å². The predicted molar refractivity (Wildman–Crippen MR) is 145 cm³/mol. The third kappa shape index (κ3) is 6.62. The molecule has 32 heavy (non-hydrogen) atoms. The van der Waals surface area contributed by atoms with Crippen LogP contribution in [0.25, 0.3) is 10.9 Å². The van der Waals surface area contributed by atoms with Gasteiger partial charge in [0.05, 0.1) is 26.6 Å². The van der Waals surface area contributed by atoms with E-state index in [1.807, 2.05) is 81.2 Å². The Morgan fingerprint density at radius 3 is 2.34 bits per heavy atom. The number of para-hydroxylation sites is 2. The normalized spacial score (nSPS) is 11.1. The number of aromatic nitrogens is 1. The lowest BCUT2D eigenvalue weighted by Crippen LogP contribution is -2.05. The molecule has 1 atom stereocenters. The van der Waals surface area contributed by atoms with Gasteiger partial charge >= 0.3 is 0 Å². The summed E-state index contributed by atoms with van der Waals surface area (Å²) >= 11 is 9.80. The summed E-state index contributed by atoms with van der Waals surface area (Å²) in [5, 5.41) is 0.710. The second-order valence-corrected chi connectivity index (χ2v) is 10.9. The molecule has 4 rings (SSSR count). The SMILES string of the molecule is CC.CC.Cn1sc(=O)c2cc(SNc3ccccc3NS(=O)c3ccc(Cl)s3)ccc21. The van der Waals surface area contributed by atoms with Gasteiger partial charge in [-0.15, -0.1) is 11.3 Å². The van der Waals surface area contributed by atoms with Crippen LogP contribution in [0.2, 0.25) is 4.34 Å². The molecular weight excluding hydrogens is 502 g/mol. The minimum absolute atomic E-state index is 0.0482. The summed E-state index contributed by atoms with van der Waals surface area (Å²) in [6.45, 7) is 8.00. The summed E-state index contributed by atoms with van der Waals surface area (Å²) in [6.07, 6.45) is 0. The molecule has 2 aromatic heterocycles. The highest BCUT2D eigenvalue weighted by atomic mass is 35.5. The second kappa shape index (κ2) is 13.1.